The summed E-state index contributed by atoms with van der Waals surface area (Å²) in [7, 11) is 0. The van der Waals surface area contributed by atoms with Crippen molar-refractivity contribution < 1.29 is 26.7 Å². The van der Waals surface area contributed by atoms with Crippen molar-refractivity contribution in [2.75, 3.05) is 5.43 Å². The largest absolute Gasteiger partial charge is 0.293 e. The number of carbonyl (C=O) groups excluding carboxylic acids is 1. The molecule has 0 spiro atoms. The van der Waals surface area contributed by atoms with E-state index in [1.807, 2.05) is 18.4 Å². The molecular weight excluding hydrogens is 331 g/mol. The highest BCUT2D eigenvalue weighted by Crippen LogP contribution is 2.26. The van der Waals surface area contributed by atoms with Gasteiger partial charge in [-0.1, -0.05) is 29.8 Å². The number of nitrogens with one attached hydrogen (secondary N) is 2. The Morgan fingerprint density at radius 2 is 1.54 bits per heavy atom. The van der Waals surface area contributed by atoms with E-state index in [9.17, 15) is 26.7 Å². The van der Waals surface area contributed by atoms with Crippen LogP contribution in [-0.4, -0.2) is 5.91 Å². The van der Waals surface area contributed by atoms with E-state index in [1.165, 1.54) is 6.08 Å². The molecule has 0 fully saturated rings. The third-order valence-electron chi connectivity index (χ3n) is 2.99. The van der Waals surface area contributed by atoms with Crippen LogP contribution in [0.15, 0.2) is 30.3 Å². The molecule has 126 valence electrons. The monoisotopic (exact) mass is 342 g/mol. The van der Waals surface area contributed by atoms with Crippen molar-refractivity contribution in [3.8, 4) is 0 Å². The second kappa shape index (κ2) is 7.12. The van der Waals surface area contributed by atoms with Gasteiger partial charge in [0, 0.05) is 6.08 Å². The standard InChI is InChI=1S/C16H11F5N2O/c1-8-3-2-4-9(7-8)5-6-10(24)22-23-16-14(20)12(18)11(17)13(19)15(16)21/h2-7,23H,1H3,(H,22,24)/b6-5+. The minimum Gasteiger partial charge on any atom is -0.293 e. The Morgan fingerprint density at radius 1 is 0.958 bits per heavy atom. The van der Waals surface area contributed by atoms with E-state index in [4.69, 9.17) is 0 Å². The van der Waals surface area contributed by atoms with E-state index in [1.54, 1.807) is 23.6 Å². The molecule has 1 amide bonds. The number of rotatable bonds is 4. The van der Waals surface area contributed by atoms with E-state index < -0.39 is 40.7 Å². The molecule has 2 aromatic rings. The van der Waals surface area contributed by atoms with Gasteiger partial charge in [-0.15, -0.1) is 0 Å². The van der Waals surface area contributed by atoms with Gasteiger partial charge in [0.2, 0.25) is 5.82 Å². The lowest BCUT2D eigenvalue weighted by molar-refractivity contribution is -0.116. The van der Waals surface area contributed by atoms with Crippen LogP contribution >= 0.6 is 0 Å². The molecule has 0 atom stereocenters. The quantitative estimate of drug-likeness (QED) is 0.291. The zero-order chi connectivity index (χ0) is 17.9. The van der Waals surface area contributed by atoms with Crippen molar-refractivity contribution in [2.45, 2.75) is 6.92 Å². The normalized spacial score (nSPS) is 10.9. The summed E-state index contributed by atoms with van der Waals surface area (Å²) in [6, 6.07) is 7.11. The maximum Gasteiger partial charge on any atom is 0.262 e. The summed E-state index contributed by atoms with van der Waals surface area (Å²) in [5, 5.41) is 0. The van der Waals surface area contributed by atoms with Gasteiger partial charge in [-0.2, -0.15) is 0 Å². The molecule has 0 saturated heterocycles. The van der Waals surface area contributed by atoms with Crippen LogP contribution < -0.4 is 10.9 Å². The molecule has 8 heteroatoms. The van der Waals surface area contributed by atoms with E-state index in [-0.39, 0.29) is 0 Å². The minimum absolute atomic E-state index is 0.696. The summed E-state index contributed by atoms with van der Waals surface area (Å²) in [6.45, 7) is 1.85. The number of anilines is 1. The zero-order valence-corrected chi connectivity index (χ0v) is 12.3. The maximum atomic E-state index is 13.4. The van der Waals surface area contributed by atoms with Gasteiger partial charge >= 0.3 is 0 Å². The summed E-state index contributed by atoms with van der Waals surface area (Å²) in [4.78, 5) is 11.6. The first-order valence-electron chi connectivity index (χ1n) is 6.63. The first-order valence-corrected chi connectivity index (χ1v) is 6.63. The predicted octanol–water partition coefficient (Wildman–Crippen LogP) is 3.85. The average molecular weight is 342 g/mol. The van der Waals surface area contributed by atoms with Crippen molar-refractivity contribution in [1.82, 2.24) is 5.43 Å². The van der Waals surface area contributed by atoms with Gasteiger partial charge in [-0.05, 0) is 18.6 Å². The van der Waals surface area contributed by atoms with Crippen LogP contribution in [0.2, 0.25) is 0 Å². The van der Waals surface area contributed by atoms with Crippen LogP contribution in [0.3, 0.4) is 0 Å². The molecule has 3 nitrogen and oxygen atoms in total. The predicted molar refractivity (Wildman–Crippen MR) is 78.2 cm³/mol. The molecule has 2 rings (SSSR count). The van der Waals surface area contributed by atoms with Crippen LogP contribution in [0.1, 0.15) is 11.1 Å². The van der Waals surface area contributed by atoms with E-state index in [0.29, 0.717) is 5.56 Å². The van der Waals surface area contributed by atoms with Gasteiger partial charge in [0.25, 0.3) is 5.91 Å². The Balaban J connectivity index is 2.10. The minimum atomic E-state index is -2.28. The van der Waals surface area contributed by atoms with Gasteiger partial charge in [0.15, 0.2) is 23.3 Å². The molecule has 24 heavy (non-hydrogen) atoms. The lowest BCUT2D eigenvalue weighted by atomic mass is 10.1. The molecule has 0 aliphatic rings. The molecule has 0 radical (unpaired) electrons. The Morgan fingerprint density at radius 3 is 2.12 bits per heavy atom. The fourth-order valence-corrected chi connectivity index (χ4v) is 1.83. The first-order chi connectivity index (χ1) is 11.3. The molecule has 0 bridgehead atoms. The number of hydrogen-bond acceptors (Lipinski definition) is 2. The smallest absolute Gasteiger partial charge is 0.262 e. The molecule has 0 unspecified atom stereocenters. The van der Waals surface area contributed by atoms with Crippen molar-refractivity contribution in [1.29, 1.82) is 0 Å². The van der Waals surface area contributed by atoms with Gasteiger partial charge < -0.3 is 0 Å². The van der Waals surface area contributed by atoms with Crippen LogP contribution in [0.4, 0.5) is 27.6 Å². The second-order valence-corrected chi connectivity index (χ2v) is 4.81. The summed E-state index contributed by atoms with van der Waals surface area (Å²) in [6.07, 6.45) is 2.45. The van der Waals surface area contributed by atoms with Crippen LogP contribution in [0.5, 0.6) is 0 Å². The van der Waals surface area contributed by atoms with E-state index in [2.05, 4.69) is 0 Å². The van der Waals surface area contributed by atoms with Crippen molar-refractivity contribution in [3.63, 3.8) is 0 Å². The molecule has 0 heterocycles. The van der Waals surface area contributed by atoms with Gasteiger partial charge in [0.1, 0.15) is 5.69 Å². The fraction of sp³-hybridized carbons (Fsp3) is 0.0625. The Hall–Kier alpha value is -2.90. The molecule has 2 N–H and O–H groups in total. The molecular formula is C16H11F5N2O. The second-order valence-electron chi connectivity index (χ2n) is 4.81. The third-order valence-corrected chi connectivity index (χ3v) is 2.99. The van der Waals surface area contributed by atoms with Crippen LogP contribution in [0.25, 0.3) is 6.08 Å². The van der Waals surface area contributed by atoms with Crippen molar-refractivity contribution >= 4 is 17.7 Å². The van der Waals surface area contributed by atoms with Crippen LogP contribution in [0, 0.1) is 36.0 Å². The highest BCUT2D eigenvalue weighted by molar-refractivity contribution is 5.92. The number of amides is 1. The Bertz CT molecular complexity index is 791. The van der Waals surface area contributed by atoms with Crippen molar-refractivity contribution in [2.24, 2.45) is 0 Å². The molecule has 0 aromatic heterocycles. The fourth-order valence-electron chi connectivity index (χ4n) is 1.83. The number of halogens is 5. The number of benzene rings is 2. The number of hydrogen-bond donors (Lipinski definition) is 2. The average Bonchev–Trinajstić information content (AvgIpc) is 2.56. The summed E-state index contributed by atoms with van der Waals surface area (Å²) in [5.41, 5.74) is 3.83. The molecule has 0 saturated carbocycles. The number of aryl methyl sites for hydroxylation is 1. The zero-order valence-electron chi connectivity index (χ0n) is 12.3. The summed E-state index contributed by atoms with van der Waals surface area (Å²) < 4.78 is 65.7. The van der Waals surface area contributed by atoms with E-state index >= 15 is 0 Å². The SMILES string of the molecule is Cc1cccc(/C=C/C(=O)NNc2c(F)c(F)c(F)c(F)c2F)c1. The lowest BCUT2D eigenvalue weighted by Gasteiger charge is -2.10. The van der Waals surface area contributed by atoms with Crippen molar-refractivity contribution in [3.05, 3.63) is 70.6 Å². The third kappa shape index (κ3) is 3.70. The lowest BCUT2D eigenvalue weighted by Crippen LogP contribution is -2.29. The number of carbonyl (C=O) groups is 1. The van der Waals surface area contributed by atoms with Gasteiger partial charge in [-0.25, -0.2) is 22.0 Å². The van der Waals surface area contributed by atoms with Gasteiger partial charge in [-0.3, -0.25) is 15.6 Å². The first kappa shape index (κ1) is 17.5. The Labute approximate surface area is 133 Å². The molecule has 2 aromatic carbocycles. The Kier molecular flexibility index (Phi) is 5.18. The highest BCUT2D eigenvalue weighted by atomic mass is 19.2. The maximum absolute atomic E-state index is 13.4. The number of hydrazine groups is 1. The van der Waals surface area contributed by atoms with Gasteiger partial charge in [0.05, 0.1) is 0 Å². The van der Waals surface area contributed by atoms with E-state index in [0.717, 1.165) is 11.6 Å². The van der Waals surface area contributed by atoms with Crippen LogP contribution in [-0.2, 0) is 4.79 Å². The molecule has 0 aliphatic carbocycles. The summed E-state index contributed by atoms with van der Waals surface area (Å²) >= 11 is 0. The topological polar surface area (TPSA) is 41.1 Å². The molecule has 0 aliphatic heterocycles. The summed E-state index contributed by atoms with van der Waals surface area (Å²) in [5.74, 6) is -11.5. The highest BCUT2D eigenvalue weighted by Gasteiger charge is 2.25.